The van der Waals surface area contributed by atoms with Crippen molar-refractivity contribution in [1.29, 1.82) is 0 Å². The minimum atomic E-state index is -3.67. The molecule has 8 heteroatoms. The summed E-state index contributed by atoms with van der Waals surface area (Å²) in [6, 6.07) is 4.35. The van der Waals surface area contributed by atoms with Crippen molar-refractivity contribution >= 4 is 21.1 Å². The van der Waals surface area contributed by atoms with Gasteiger partial charge in [0.05, 0.1) is 10.4 Å². The average molecular weight is 311 g/mol. The molecule has 0 amide bonds. The van der Waals surface area contributed by atoms with E-state index in [1.807, 2.05) is 0 Å². The van der Waals surface area contributed by atoms with Gasteiger partial charge in [-0.2, -0.15) is 0 Å². The normalized spacial score (nSPS) is 17.8. The summed E-state index contributed by atoms with van der Waals surface area (Å²) in [7, 11) is -2.10. The van der Waals surface area contributed by atoms with Gasteiger partial charge in [-0.3, -0.25) is 4.57 Å². The smallest absolute Gasteiger partial charge is 0.408 e. The van der Waals surface area contributed by atoms with Crippen LogP contribution in [0.3, 0.4) is 0 Å². The molecular weight excluding hydrogens is 294 g/mol. The third-order valence-corrected chi connectivity index (χ3v) is 5.44. The van der Waals surface area contributed by atoms with Crippen LogP contribution < -0.4 is 16.2 Å². The van der Waals surface area contributed by atoms with Crippen LogP contribution in [0.2, 0.25) is 0 Å². The van der Waals surface area contributed by atoms with Gasteiger partial charge in [0.25, 0.3) is 0 Å². The first-order valence-corrected chi connectivity index (χ1v) is 8.17. The van der Waals surface area contributed by atoms with Gasteiger partial charge in [0.1, 0.15) is 0 Å². The van der Waals surface area contributed by atoms with Crippen LogP contribution in [-0.2, 0) is 17.1 Å². The molecule has 0 radical (unpaired) electrons. The molecule has 1 saturated carbocycles. The molecule has 1 aliphatic carbocycles. The van der Waals surface area contributed by atoms with Crippen molar-refractivity contribution in [3.8, 4) is 0 Å². The van der Waals surface area contributed by atoms with Crippen molar-refractivity contribution in [3.63, 3.8) is 0 Å². The minimum Gasteiger partial charge on any atom is -0.408 e. The predicted molar refractivity (Wildman–Crippen MR) is 77.4 cm³/mol. The molecule has 1 fully saturated rings. The molecule has 1 heterocycles. The van der Waals surface area contributed by atoms with Gasteiger partial charge >= 0.3 is 5.76 Å². The Morgan fingerprint density at radius 2 is 2.14 bits per heavy atom. The maximum atomic E-state index is 12.3. The van der Waals surface area contributed by atoms with Gasteiger partial charge < -0.3 is 10.2 Å². The van der Waals surface area contributed by atoms with Gasteiger partial charge in [-0.1, -0.05) is 0 Å². The number of sulfonamides is 1. The van der Waals surface area contributed by atoms with Crippen molar-refractivity contribution in [3.05, 3.63) is 28.7 Å². The predicted octanol–water partition coefficient (Wildman–Crippen LogP) is 0.291. The van der Waals surface area contributed by atoms with Gasteiger partial charge in [-0.25, -0.2) is 17.9 Å². The molecule has 1 aromatic carbocycles. The molecule has 0 unspecified atom stereocenters. The van der Waals surface area contributed by atoms with Crippen molar-refractivity contribution in [2.75, 3.05) is 6.54 Å². The van der Waals surface area contributed by atoms with Gasteiger partial charge in [0, 0.05) is 25.2 Å². The van der Waals surface area contributed by atoms with Crippen LogP contribution in [0.25, 0.3) is 11.1 Å². The van der Waals surface area contributed by atoms with Crippen molar-refractivity contribution in [2.24, 2.45) is 12.8 Å². The fraction of sp³-hybridized carbons (Fsp3) is 0.462. The Balaban J connectivity index is 1.89. The summed E-state index contributed by atoms with van der Waals surface area (Å²) in [5, 5.41) is 0. The topological polar surface area (TPSA) is 107 Å². The fourth-order valence-electron chi connectivity index (χ4n) is 2.41. The van der Waals surface area contributed by atoms with E-state index >= 15 is 0 Å². The Labute approximate surface area is 121 Å². The number of aryl methyl sites for hydroxylation is 1. The first kappa shape index (κ1) is 14.3. The number of benzene rings is 1. The lowest BCUT2D eigenvalue weighted by Crippen LogP contribution is -2.54. The molecule has 2 aromatic rings. The maximum absolute atomic E-state index is 12.3. The Hall–Kier alpha value is -1.64. The summed E-state index contributed by atoms with van der Waals surface area (Å²) >= 11 is 0. The van der Waals surface area contributed by atoms with Crippen molar-refractivity contribution in [1.82, 2.24) is 9.29 Å². The molecule has 1 aromatic heterocycles. The molecule has 0 atom stereocenters. The third kappa shape index (κ3) is 2.50. The lowest BCUT2D eigenvalue weighted by molar-refractivity contribution is 0.251. The lowest BCUT2D eigenvalue weighted by atomic mass is 9.78. The third-order valence-electron chi connectivity index (χ3n) is 4.04. The summed E-state index contributed by atoms with van der Waals surface area (Å²) in [6.07, 6.45) is 2.67. The Bertz CT molecular complexity index is 846. The van der Waals surface area contributed by atoms with Crippen LogP contribution in [-0.4, -0.2) is 25.1 Å². The van der Waals surface area contributed by atoms with E-state index in [1.165, 1.54) is 16.7 Å². The first-order chi connectivity index (χ1) is 9.81. The maximum Gasteiger partial charge on any atom is 0.419 e. The molecule has 1 aliphatic rings. The highest BCUT2D eigenvalue weighted by atomic mass is 32.2. The highest BCUT2D eigenvalue weighted by molar-refractivity contribution is 7.89. The summed E-state index contributed by atoms with van der Waals surface area (Å²) < 4.78 is 33.4. The van der Waals surface area contributed by atoms with Crippen molar-refractivity contribution in [2.45, 2.75) is 29.7 Å². The second-order valence-electron chi connectivity index (χ2n) is 5.60. The van der Waals surface area contributed by atoms with Crippen LogP contribution in [0, 0.1) is 0 Å². The molecule has 0 saturated heterocycles. The SMILES string of the molecule is Cn1c(=O)oc2cc(S(=O)(=O)NCC3(N)CCC3)ccc21. The van der Waals surface area contributed by atoms with E-state index in [0.717, 1.165) is 19.3 Å². The van der Waals surface area contributed by atoms with Crippen molar-refractivity contribution < 1.29 is 12.8 Å². The summed E-state index contributed by atoms with van der Waals surface area (Å²) in [4.78, 5) is 11.5. The number of nitrogens with two attached hydrogens (primary N) is 1. The quantitative estimate of drug-likeness (QED) is 0.844. The zero-order chi connectivity index (χ0) is 15.3. The number of hydrogen-bond donors (Lipinski definition) is 2. The number of hydrogen-bond acceptors (Lipinski definition) is 5. The zero-order valence-electron chi connectivity index (χ0n) is 11.6. The lowest BCUT2D eigenvalue weighted by Gasteiger charge is -2.37. The molecule has 0 aliphatic heterocycles. The number of nitrogens with zero attached hydrogens (tertiary/aromatic N) is 1. The molecule has 0 spiro atoms. The van der Waals surface area contributed by atoms with Gasteiger partial charge in [0.2, 0.25) is 10.0 Å². The van der Waals surface area contributed by atoms with Crippen LogP contribution in [0.5, 0.6) is 0 Å². The van der Waals surface area contributed by atoms with Crippen LogP contribution in [0.15, 0.2) is 32.3 Å². The Morgan fingerprint density at radius 3 is 2.76 bits per heavy atom. The summed E-state index contributed by atoms with van der Waals surface area (Å²) in [5.74, 6) is -0.525. The van der Waals surface area contributed by atoms with E-state index in [9.17, 15) is 13.2 Å². The molecule has 3 rings (SSSR count). The summed E-state index contributed by atoms with van der Waals surface area (Å²) in [6.45, 7) is 0.214. The number of rotatable bonds is 4. The number of oxazole rings is 1. The highest BCUT2D eigenvalue weighted by Crippen LogP contribution is 2.28. The van der Waals surface area contributed by atoms with E-state index in [0.29, 0.717) is 5.52 Å². The van der Waals surface area contributed by atoms with Crippen LogP contribution >= 0.6 is 0 Å². The van der Waals surface area contributed by atoms with Gasteiger partial charge in [-0.05, 0) is 31.4 Å². The standard InChI is InChI=1S/C13H17N3O4S/c1-16-10-4-3-9(7-11(10)20-12(16)17)21(18,19)15-8-13(14)5-2-6-13/h3-4,7,15H,2,5-6,8,14H2,1H3. The first-order valence-electron chi connectivity index (χ1n) is 6.69. The molecular formula is C13H17N3O4S. The van der Waals surface area contributed by atoms with E-state index in [1.54, 1.807) is 13.1 Å². The highest BCUT2D eigenvalue weighted by Gasteiger charge is 2.33. The number of nitrogens with one attached hydrogen (secondary N) is 1. The summed E-state index contributed by atoms with van der Waals surface area (Å²) in [5.41, 5.74) is 6.37. The largest absolute Gasteiger partial charge is 0.419 e. The second-order valence-corrected chi connectivity index (χ2v) is 7.36. The van der Waals surface area contributed by atoms with E-state index in [2.05, 4.69) is 4.72 Å². The van der Waals surface area contributed by atoms with Gasteiger partial charge in [-0.15, -0.1) is 0 Å². The second kappa shape index (κ2) is 4.69. The Kier molecular flexibility index (Phi) is 3.19. The fourth-order valence-corrected chi connectivity index (χ4v) is 3.56. The van der Waals surface area contributed by atoms with Crippen LogP contribution in [0.4, 0.5) is 0 Å². The Morgan fingerprint density at radius 1 is 1.43 bits per heavy atom. The van der Waals surface area contributed by atoms with E-state index in [-0.39, 0.29) is 17.0 Å². The number of aromatic nitrogens is 1. The molecule has 7 nitrogen and oxygen atoms in total. The minimum absolute atomic E-state index is 0.0623. The monoisotopic (exact) mass is 311 g/mol. The van der Waals surface area contributed by atoms with Crippen LogP contribution in [0.1, 0.15) is 19.3 Å². The number of fused-ring (bicyclic) bond motifs is 1. The molecule has 114 valence electrons. The van der Waals surface area contributed by atoms with Gasteiger partial charge in [0.15, 0.2) is 5.58 Å². The molecule has 3 N–H and O–H groups in total. The average Bonchev–Trinajstić information content (AvgIpc) is 2.69. The van der Waals surface area contributed by atoms with E-state index in [4.69, 9.17) is 10.2 Å². The molecule has 21 heavy (non-hydrogen) atoms. The van der Waals surface area contributed by atoms with E-state index < -0.39 is 21.3 Å². The molecule has 0 bridgehead atoms. The zero-order valence-corrected chi connectivity index (χ0v) is 12.4.